The number of carbonyl (C=O) groups is 2. The highest BCUT2D eigenvalue weighted by atomic mass is 16.4. The van der Waals surface area contributed by atoms with Crippen LogP contribution in [0.2, 0.25) is 0 Å². The molecule has 1 fully saturated rings. The lowest BCUT2D eigenvalue weighted by molar-refractivity contribution is -0.150. The Bertz CT molecular complexity index is 232. The molecule has 0 radical (unpaired) electrons. The average Bonchev–Trinajstić information content (AvgIpc) is 2.18. The van der Waals surface area contributed by atoms with Crippen LogP contribution in [-0.4, -0.2) is 36.1 Å². The third-order valence-corrected chi connectivity index (χ3v) is 2.97. The van der Waals surface area contributed by atoms with Crippen LogP contribution in [0.15, 0.2) is 0 Å². The second-order valence-corrected chi connectivity index (χ2v) is 3.60. The van der Waals surface area contributed by atoms with Gasteiger partial charge in [-0.2, -0.15) is 0 Å². The lowest BCUT2D eigenvalue weighted by Crippen LogP contribution is -2.63. The maximum atomic E-state index is 11.2. The summed E-state index contributed by atoms with van der Waals surface area (Å²) in [5, 5.41) is 14.8. The van der Waals surface area contributed by atoms with Gasteiger partial charge in [0, 0.05) is 12.5 Å². The van der Waals surface area contributed by atoms with E-state index in [9.17, 15) is 14.7 Å². The third-order valence-electron chi connectivity index (χ3n) is 2.97. The minimum atomic E-state index is -1.07. The Hall–Kier alpha value is -1.10. The van der Waals surface area contributed by atoms with Gasteiger partial charge in [-0.3, -0.25) is 4.79 Å². The summed E-state index contributed by atoms with van der Waals surface area (Å²) in [6.45, 7) is 3.20. The SMILES string of the molecule is CCC1CNCCC1(NC=O)C(=O)O. The van der Waals surface area contributed by atoms with Crippen LogP contribution < -0.4 is 10.6 Å². The molecule has 0 aliphatic carbocycles. The van der Waals surface area contributed by atoms with Crippen molar-refractivity contribution in [2.45, 2.75) is 25.3 Å². The van der Waals surface area contributed by atoms with E-state index in [0.717, 1.165) is 6.42 Å². The van der Waals surface area contributed by atoms with Gasteiger partial charge in [0.2, 0.25) is 6.41 Å². The Morgan fingerprint density at radius 1 is 1.79 bits per heavy atom. The zero-order chi connectivity index (χ0) is 10.6. The maximum absolute atomic E-state index is 11.2. The topological polar surface area (TPSA) is 78.4 Å². The fraction of sp³-hybridized carbons (Fsp3) is 0.778. The number of carbonyl (C=O) groups excluding carboxylic acids is 1. The van der Waals surface area contributed by atoms with Crippen LogP contribution in [0.1, 0.15) is 19.8 Å². The number of carboxylic acid groups (broad SMARTS) is 1. The number of hydrogen-bond acceptors (Lipinski definition) is 3. The molecule has 0 saturated carbocycles. The number of aliphatic carboxylic acids is 1. The zero-order valence-electron chi connectivity index (χ0n) is 8.25. The van der Waals surface area contributed by atoms with Gasteiger partial charge in [0.1, 0.15) is 5.54 Å². The maximum Gasteiger partial charge on any atom is 0.329 e. The van der Waals surface area contributed by atoms with Gasteiger partial charge in [-0.05, 0) is 19.4 Å². The minimum absolute atomic E-state index is 0.0426. The fourth-order valence-electron chi connectivity index (χ4n) is 2.07. The number of rotatable bonds is 4. The second kappa shape index (κ2) is 4.41. The van der Waals surface area contributed by atoms with Crippen LogP contribution in [0, 0.1) is 5.92 Å². The normalized spacial score (nSPS) is 32.2. The monoisotopic (exact) mass is 200 g/mol. The molecule has 0 aromatic carbocycles. The number of nitrogens with one attached hydrogen (secondary N) is 2. The molecule has 0 spiro atoms. The molecule has 1 aliphatic heterocycles. The first-order valence-electron chi connectivity index (χ1n) is 4.83. The zero-order valence-corrected chi connectivity index (χ0v) is 8.25. The molecule has 5 nitrogen and oxygen atoms in total. The Labute approximate surface area is 82.9 Å². The number of hydrogen-bond donors (Lipinski definition) is 3. The van der Waals surface area contributed by atoms with Gasteiger partial charge in [0.15, 0.2) is 0 Å². The number of piperidine rings is 1. The summed E-state index contributed by atoms with van der Waals surface area (Å²) in [4.78, 5) is 21.6. The highest BCUT2D eigenvalue weighted by molar-refractivity contribution is 5.82. The molecular weight excluding hydrogens is 184 g/mol. The van der Waals surface area contributed by atoms with Crippen molar-refractivity contribution in [1.29, 1.82) is 0 Å². The molecule has 1 heterocycles. The summed E-state index contributed by atoms with van der Waals surface area (Å²) >= 11 is 0. The highest BCUT2D eigenvalue weighted by Gasteiger charge is 2.46. The van der Waals surface area contributed by atoms with Gasteiger partial charge in [-0.15, -0.1) is 0 Å². The highest BCUT2D eigenvalue weighted by Crippen LogP contribution is 2.27. The van der Waals surface area contributed by atoms with Crippen LogP contribution in [0.4, 0.5) is 0 Å². The van der Waals surface area contributed by atoms with Crippen LogP contribution in [0.3, 0.4) is 0 Å². The van der Waals surface area contributed by atoms with Crippen LogP contribution in [-0.2, 0) is 9.59 Å². The van der Waals surface area contributed by atoms with Crippen LogP contribution in [0.5, 0.6) is 0 Å². The smallest absolute Gasteiger partial charge is 0.329 e. The van der Waals surface area contributed by atoms with Crippen molar-refractivity contribution in [1.82, 2.24) is 10.6 Å². The van der Waals surface area contributed by atoms with Gasteiger partial charge in [-0.1, -0.05) is 6.92 Å². The molecule has 1 rings (SSSR count). The van der Waals surface area contributed by atoms with Crippen molar-refractivity contribution in [2.75, 3.05) is 13.1 Å². The van der Waals surface area contributed by atoms with E-state index in [4.69, 9.17) is 0 Å². The lowest BCUT2D eigenvalue weighted by Gasteiger charge is -2.40. The number of carboxylic acids is 1. The lowest BCUT2D eigenvalue weighted by atomic mass is 9.77. The van der Waals surface area contributed by atoms with Gasteiger partial charge < -0.3 is 15.7 Å². The largest absolute Gasteiger partial charge is 0.479 e. The van der Waals surface area contributed by atoms with Crippen molar-refractivity contribution < 1.29 is 14.7 Å². The van der Waals surface area contributed by atoms with Gasteiger partial charge in [-0.25, -0.2) is 4.79 Å². The first-order valence-corrected chi connectivity index (χ1v) is 4.83. The van der Waals surface area contributed by atoms with E-state index < -0.39 is 11.5 Å². The Morgan fingerprint density at radius 3 is 3.00 bits per heavy atom. The molecule has 3 N–H and O–H groups in total. The van der Waals surface area contributed by atoms with E-state index in [1.807, 2.05) is 6.92 Å². The predicted molar refractivity (Wildman–Crippen MR) is 50.8 cm³/mol. The fourth-order valence-corrected chi connectivity index (χ4v) is 2.07. The van der Waals surface area contributed by atoms with Crippen LogP contribution >= 0.6 is 0 Å². The molecule has 0 aromatic heterocycles. The quantitative estimate of drug-likeness (QED) is 0.538. The molecule has 0 aromatic rings. The van der Waals surface area contributed by atoms with Crippen molar-refractivity contribution in [3.05, 3.63) is 0 Å². The molecule has 0 bridgehead atoms. The predicted octanol–water partition coefficient (Wildman–Crippen LogP) is -0.425. The summed E-state index contributed by atoms with van der Waals surface area (Å²) in [7, 11) is 0. The summed E-state index contributed by atoms with van der Waals surface area (Å²) in [6.07, 6.45) is 1.67. The Morgan fingerprint density at radius 2 is 2.50 bits per heavy atom. The van der Waals surface area contributed by atoms with Gasteiger partial charge in [0.05, 0.1) is 0 Å². The Kier molecular flexibility index (Phi) is 3.46. The molecule has 2 atom stereocenters. The van der Waals surface area contributed by atoms with E-state index in [-0.39, 0.29) is 5.92 Å². The van der Waals surface area contributed by atoms with E-state index in [2.05, 4.69) is 10.6 Å². The summed E-state index contributed by atoms with van der Waals surface area (Å²) in [6, 6.07) is 0. The van der Waals surface area contributed by atoms with Crippen LogP contribution in [0.25, 0.3) is 0 Å². The van der Waals surface area contributed by atoms with Gasteiger partial charge in [0.25, 0.3) is 0 Å². The molecule has 80 valence electrons. The molecule has 5 heteroatoms. The molecule has 2 unspecified atom stereocenters. The Balaban J connectivity index is 2.90. The van der Waals surface area contributed by atoms with E-state index in [1.165, 1.54) is 0 Å². The van der Waals surface area contributed by atoms with Crippen molar-refractivity contribution in [3.63, 3.8) is 0 Å². The third kappa shape index (κ3) is 1.72. The van der Waals surface area contributed by atoms with Crippen molar-refractivity contribution >= 4 is 12.4 Å². The summed E-state index contributed by atoms with van der Waals surface area (Å²) in [5.41, 5.74) is -1.07. The first-order chi connectivity index (χ1) is 6.67. The minimum Gasteiger partial charge on any atom is -0.479 e. The van der Waals surface area contributed by atoms with E-state index >= 15 is 0 Å². The van der Waals surface area contributed by atoms with Gasteiger partial charge >= 0.3 is 5.97 Å². The molecule has 1 aliphatic rings. The summed E-state index contributed by atoms with van der Waals surface area (Å²) in [5.74, 6) is -0.975. The van der Waals surface area contributed by atoms with E-state index in [0.29, 0.717) is 25.9 Å². The molecular formula is C9H16N2O3. The standard InChI is InChI=1S/C9H16N2O3/c1-2-7-5-10-4-3-9(7,8(13)14)11-6-12/h6-7,10H,2-5H2,1H3,(H,11,12)(H,13,14). The van der Waals surface area contributed by atoms with Crippen molar-refractivity contribution in [3.8, 4) is 0 Å². The summed E-state index contributed by atoms with van der Waals surface area (Å²) < 4.78 is 0. The van der Waals surface area contributed by atoms with Crippen molar-refractivity contribution in [2.24, 2.45) is 5.92 Å². The molecule has 1 amide bonds. The average molecular weight is 200 g/mol. The molecule has 14 heavy (non-hydrogen) atoms. The van der Waals surface area contributed by atoms with E-state index in [1.54, 1.807) is 0 Å². The first kappa shape index (κ1) is 11.0. The second-order valence-electron chi connectivity index (χ2n) is 3.60. The number of amides is 1. The molecule has 1 saturated heterocycles.